The molecule has 180 valence electrons. The number of carbonyl (C=O) groups excluding carboxylic acids is 1. The number of carboxylic acids is 1. The van der Waals surface area contributed by atoms with E-state index < -0.39 is 5.97 Å². The number of para-hydroxylation sites is 1. The minimum atomic E-state index is -1.07. The lowest BCUT2D eigenvalue weighted by atomic mass is 10.1. The second-order valence-corrected chi connectivity index (χ2v) is 10.3. The molecule has 1 saturated heterocycles. The number of aromatic carboxylic acids is 1. The van der Waals surface area contributed by atoms with Gasteiger partial charge in [-0.2, -0.15) is 0 Å². The van der Waals surface area contributed by atoms with Crippen LogP contribution in [0, 0.1) is 12.8 Å². The maximum absolute atomic E-state index is 13.1. The maximum atomic E-state index is 13.1. The topological polar surface area (TPSA) is 123 Å². The molecule has 3 heterocycles. The van der Waals surface area contributed by atoms with Gasteiger partial charge < -0.3 is 20.3 Å². The summed E-state index contributed by atoms with van der Waals surface area (Å²) in [5.41, 5.74) is 7.82. The van der Waals surface area contributed by atoms with E-state index in [-0.39, 0.29) is 17.6 Å². The molecule has 2 aromatic carbocycles. The monoisotopic (exact) mass is 510 g/mol. The highest BCUT2D eigenvalue weighted by Gasteiger charge is 2.54. The minimum absolute atomic E-state index is 0.0183. The number of hydrogen-bond donors (Lipinski definition) is 2. The maximum Gasteiger partial charge on any atom is 0.358 e. The summed E-state index contributed by atoms with van der Waals surface area (Å²) >= 11 is 7.65. The van der Waals surface area contributed by atoms with Gasteiger partial charge in [0.15, 0.2) is 11.3 Å². The van der Waals surface area contributed by atoms with Crippen molar-refractivity contribution in [1.29, 1.82) is 0 Å². The van der Waals surface area contributed by atoms with Crippen molar-refractivity contribution in [3.63, 3.8) is 0 Å². The lowest BCUT2D eigenvalue weighted by Crippen LogP contribution is -2.42. The van der Waals surface area contributed by atoms with E-state index in [0.29, 0.717) is 40.2 Å². The van der Waals surface area contributed by atoms with Gasteiger partial charge in [-0.05, 0) is 55.5 Å². The Morgan fingerprint density at radius 2 is 2.00 bits per heavy atom. The number of hydrogen-bond acceptors (Lipinski definition) is 7. The lowest BCUT2D eigenvalue weighted by Gasteiger charge is -2.26. The highest BCUT2D eigenvalue weighted by atomic mass is 35.5. The largest absolute Gasteiger partial charge is 0.476 e. The Bertz CT molecular complexity index is 1420. The molecule has 3 N–H and O–H groups in total. The number of piperidine rings is 1. The second-order valence-electron chi connectivity index (χ2n) is 8.65. The fourth-order valence-corrected chi connectivity index (χ4v) is 5.74. The van der Waals surface area contributed by atoms with E-state index in [4.69, 9.17) is 27.0 Å². The number of amides is 1. The number of aromatic nitrogens is 2. The molecule has 0 radical (unpaired) electrons. The first kappa shape index (κ1) is 23.5. The molecule has 2 aromatic heterocycles. The van der Waals surface area contributed by atoms with E-state index in [1.165, 1.54) is 11.3 Å². The Morgan fingerprint density at radius 1 is 1.20 bits per heavy atom. The van der Waals surface area contributed by atoms with Gasteiger partial charge in [-0.1, -0.05) is 41.0 Å². The number of carbonyl (C=O) groups is 2. The summed E-state index contributed by atoms with van der Waals surface area (Å²) in [4.78, 5) is 31.1. The van der Waals surface area contributed by atoms with E-state index >= 15 is 0 Å². The quantitative estimate of drug-likeness (QED) is 0.402. The summed E-state index contributed by atoms with van der Waals surface area (Å²) in [6, 6.07) is 15.0. The number of benzene rings is 2. The fourth-order valence-electron chi connectivity index (χ4n) is 4.65. The number of likely N-dealkylation sites (tertiary alicyclic amines) is 1. The van der Waals surface area contributed by atoms with Crippen LogP contribution >= 0.6 is 22.9 Å². The number of fused-ring (bicyclic) bond motifs is 2. The third kappa shape index (κ3) is 4.54. The molecule has 35 heavy (non-hydrogen) atoms. The second kappa shape index (κ2) is 9.41. The van der Waals surface area contributed by atoms with Crippen molar-refractivity contribution in [3.8, 4) is 10.4 Å². The zero-order valence-electron chi connectivity index (χ0n) is 18.8. The third-order valence-corrected chi connectivity index (χ3v) is 7.58. The van der Waals surface area contributed by atoms with E-state index in [1.54, 1.807) is 24.3 Å². The van der Waals surface area contributed by atoms with Crippen molar-refractivity contribution < 1.29 is 19.2 Å². The van der Waals surface area contributed by atoms with Gasteiger partial charge in [0.25, 0.3) is 5.91 Å². The van der Waals surface area contributed by atoms with Gasteiger partial charge in [0.1, 0.15) is 5.69 Å². The van der Waals surface area contributed by atoms with Crippen LogP contribution < -0.4 is 5.73 Å². The van der Waals surface area contributed by atoms with Crippen LogP contribution in [0.5, 0.6) is 0 Å². The van der Waals surface area contributed by atoms with Gasteiger partial charge in [-0.3, -0.25) is 4.79 Å². The van der Waals surface area contributed by atoms with Crippen molar-refractivity contribution in [3.05, 3.63) is 69.9 Å². The molecule has 2 aliphatic rings. The SMILES string of the molecule is Cc1nc(C(=O)N2[C@H](CN)C[C@@H]3C[C@@H]32)c(-c2cccc(Cl)c2)s1.O=C(O)c1noc2ccccc12. The number of thiazole rings is 1. The molecule has 1 aliphatic heterocycles. The number of halogens is 1. The first-order valence-electron chi connectivity index (χ1n) is 11.2. The Balaban J connectivity index is 0.000000178. The third-order valence-electron chi connectivity index (χ3n) is 6.32. The van der Waals surface area contributed by atoms with Crippen LogP contribution in [0.15, 0.2) is 53.1 Å². The van der Waals surface area contributed by atoms with Crippen molar-refractivity contribution in [2.24, 2.45) is 11.7 Å². The minimum Gasteiger partial charge on any atom is -0.476 e. The summed E-state index contributed by atoms with van der Waals surface area (Å²) in [6.45, 7) is 2.45. The van der Waals surface area contributed by atoms with Crippen LogP contribution in [-0.2, 0) is 0 Å². The zero-order valence-corrected chi connectivity index (χ0v) is 20.4. The smallest absolute Gasteiger partial charge is 0.358 e. The number of rotatable bonds is 4. The summed E-state index contributed by atoms with van der Waals surface area (Å²) in [6.07, 6.45) is 2.14. The van der Waals surface area contributed by atoms with Gasteiger partial charge >= 0.3 is 5.97 Å². The van der Waals surface area contributed by atoms with Crippen LogP contribution in [0.25, 0.3) is 21.4 Å². The normalized spacial score (nSPS) is 20.3. The summed E-state index contributed by atoms with van der Waals surface area (Å²) < 4.78 is 4.78. The van der Waals surface area contributed by atoms with Crippen LogP contribution in [0.2, 0.25) is 5.02 Å². The predicted octanol–water partition coefficient (Wildman–Crippen LogP) is 4.86. The molecule has 1 amide bonds. The molecule has 10 heteroatoms. The Hall–Kier alpha value is -3.27. The van der Waals surface area contributed by atoms with Crippen LogP contribution in [-0.4, -0.2) is 50.7 Å². The molecule has 6 rings (SSSR count). The van der Waals surface area contributed by atoms with Gasteiger partial charge in [-0.25, -0.2) is 9.78 Å². The van der Waals surface area contributed by atoms with Crippen LogP contribution in [0.3, 0.4) is 0 Å². The molecule has 1 saturated carbocycles. The number of carboxylic acid groups (broad SMARTS) is 1. The lowest BCUT2D eigenvalue weighted by molar-refractivity contribution is 0.0683. The molecule has 3 atom stereocenters. The van der Waals surface area contributed by atoms with E-state index in [9.17, 15) is 9.59 Å². The first-order valence-corrected chi connectivity index (χ1v) is 12.4. The highest BCUT2D eigenvalue weighted by Crippen LogP contribution is 2.48. The molecule has 0 spiro atoms. The van der Waals surface area contributed by atoms with E-state index in [2.05, 4.69) is 10.1 Å². The predicted molar refractivity (Wildman–Crippen MR) is 134 cm³/mol. The van der Waals surface area contributed by atoms with Gasteiger partial charge in [-0.15, -0.1) is 11.3 Å². The van der Waals surface area contributed by atoms with Crippen LogP contribution in [0.1, 0.15) is 38.8 Å². The van der Waals surface area contributed by atoms with Crippen molar-refractivity contribution in [2.45, 2.75) is 31.8 Å². The van der Waals surface area contributed by atoms with Crippen molar-refractivity contribution in [1.82, 2.24) is 15.0 Å². The van der Waals surface area contributed by atoms with Crippen molar-refractivity contribution in [2.75, 3.05) is 6.54 Å². The zero-order chi connectivity index (χ0) is 24.7. The molecule has 4 aromatic rings. The molecular formula is C25H23ClN4O4S. The van der Waals surface area contributed by atoms with E-state index in [0.717, 1.165) is 28.3 Å². The molecular weight excluding hydrogens is 488 g/mol. The number of nitrogens with zero attached hydrogens (tertiary/aromatic N) is 3. The Labute approximate surface area is 210 Å². The summed E-state index contributed by atoms with van der Waals surface area (Å²) in [5, 5.41) is 14.2. The Morgan fingerprint density at radius 3 is 2.74 bits per heavy atom. The first-order chi connectivity index (χ1) is 16.9. The van der Waals surface area contributed by atoms with Gasteiger partial charge in [0, 0.05) is 23.7 Å². The molecule has 8 nitrogen and oxygen atoms in total. The van der Waals surface area contributed by atoms with Crippen molar-refractivity contribution >= 4 is 45.8 Å². The molecule has 2 fully saturated rings. The van der Waals surface area contributed by atoms with E-state index in [1.807, 2.05) is 36.1 Å². The number of aryl methyl sites for hydroxylation is 1. The standard InChI is InChI=1S/C17H18ClN3OS.C8H5NO3/c1-9-20-15(16(23-9)10-3-2-4-12(18)5-10)17(22)21-13(8-19)6-11-7-14(11)21;10-8(11)7-5-3-1-2-4-6(5)12-9-7/h2-5,11,13-14H,6-8,19H2,1H3;1-4H,(H,10,11)/t11-,13+,14+;/m1./s1. The number of nitrogens with two attached hydrogens (primary N) is 1. The van der Waals surface area contributed by atoms with Crippen LogP contribution in [0.4, 0.5) is 0 Å². The molecule has 1 aliphatic carbocycles. The molecule has 0 bridgehead atoms. The summed E-state index contributed by atoms with van der Waals surface area (Å²) in [7, 11) is 0. The Kier molecular flexibility index (Phi) is 6.31. The van der Waals surface area contributed by atoms with Gasteiger partial charge in [0.2, 0.25) is 0 Å². The fraction of sp³-hybridized carbons (Fsp3) is 0.280. The average molecular weight is 511 g/mol. The molecule has 0 unspecified atom stereocenters. The average Bonchev–Trinajstić information content (AvgIpc) is 3.18. The summed E-state index contributed by atoms with van der Waals surface area (Å²) in [5.74, 6) is -0.411. The highest BCUT2D eigenvalue weighted by molar-refractivity contribution is 7.15. The van der Waals surface area contributed by atoms with Gasteiger partial charge in [0.05, 0.1) is 15.3 Å².